The molecule has 5 heteroatoms. The standard InChI is InChI=1S/C16H32N4O/c1-6-8-17-9-7-16(21)20-12-14(10-18(2)3)15(13-20)11-19(4)5/h6,14-15,17H,1,7-13H2,2-5H3/t14-,15-/m1/s1. The van der Waals surface area contributed by atoms with Crippen LogP contribution in [0.3, 0.4) is 0 Å². The van der Waals surface area contributed by atoms with E-state index >= 15 is 0 Å². The highest BCUT2D eigenvalue weighted by molar-refractivity contribution is 5.76. The summed E-state index contributed by atoms with van der Waals surface area (Å²) in [5, 5.41) is 3.19. The van der Waals surface area contributed by atoms with Crippen molar-refractivity contribution >= 4 is 5.91 Å². The van der Waals surface area contributed by atoms with Crippen LogP contribution in [0, 0.1) is 11.8 Å². The predicted molar refractivity (Wildman–Crippen MR) is 88.4 cm³/mol. The van der Waals surface area contributed by atoms with Crippen LogP contribution in [0.4, 0.5) is 0 Å². The minimum absolute atomic E-state index is 0.275. The highest BCUT2D eigenvalue weighted by Crippen LogP contribution is 2.25. The highest BCUT2D eigenvalue weighted by Gasteiger charge is 2.35. The van der Waals surface area contributed by atoms with Gasteiger partial charge in [0, 0.05) is 45.7 Å². The van der Waals surface area contributed by atoms with Gasteiger partial charge in [-0.25, -0.2) is 0 Å². The second kappa shape index (κ2) is 9.18. The number of carbonyl (C=O) groups is 1. The number of hydrogen-bond acceptors (Lipinski definition) is 4. The van der Waals surface area contributed by atoms with Gasteiger partial charge in [-0.2, -0.15) is 0 Å². The van der Waals surface area contributed by atoms with Crippen molar-refractivity contribution in [2.75, 3.05) is 67.5 Å². The van der Waals surface area contributed by atoms with E-state index in [0.29, 0.717) is 18.3 Å². The van der Waals surface area contributed by atoms with E-state index in [1.165, 1.54) is 0 Å². The summed E-state index contributed by atoms with van der Waals surface area (Å²) >= 11 is 0. The van der Waals surface area contributed by atoms with Gasteiger partial charge in [0.05, 0.1) is 0 Å². The van der Waals surface area contributed by atoms with Crippen LogP contribution in [0.15, 0.2) is 12.7 Å². The summed E-state index contributed by atoms with van der Waals surface area (Å²) in [5.41, 5.74) is 0. The van der Waals surface area contributed by atoms with Crippen molar-refractivity contribution in [1.29, 1.82) is 0 Å². The van der Waals surface area contributed by atoms with Gasteiger partial charge in [-0.15, -0.1) is 6.58 Å². The fourth-order valence-electron chi connectivity index (χ4n) is 3.05. The van der Waals surface area contributed by atoms with E-state index in [1.54, 1.807) is 0 Å². The van der Waals surface area contributed by atoms with E-state index in [9.17, 15) is 4.79 Å². The Balaban J connectivity index is 2.48. The van der Waals surface area contributed by atoms with Crippen LogP contribution in [0.1, 0.15) is 6.42 Å². The molecule has 5 nitrogen and oxygen atoms in total. The van der Waals surface area contributed by atoms with Crippen molar-refractivity contribution in [3.63, 3.8) is 0 Å². The van der Waals surface area contributed by atoms with Crippen molar-refractivity contribution in [2.45, 2.75) is 6.42 Å². The van der Waals surface area contributed by atoms with Gasteiger partial charge in [-0.1, -0.05) is 6.08 Å². The second-order valence-corrected chi connectivity index (χ2v) is 6.59. The number of hydrogen-bond donors (Lipinski definition) is 1. The van der Waals surface area contributed by atoms with E-state index in [1.807, 2.05) is 6.08 Å². The molecular weight excluding hydrogens is 264 g/mol. The summed E-state index contributed by atoms with van der Waals surface area (Å²) in [6, 6.07) is 0. The number of nitrogens with one attached hydrogen (secondary N) is 1. The third-order valence-corrected chi connectivity index (χ3v) is 3.93. The Labute approximate surface area is 130 Å². The quantitative estimate of drug-likeness (QED) is 0.492. The normalized spacial score (nSPS) is 22.3. The Morgan fingerprint density at radius 2 is 1.71 bits per heavy atom. The summed E-state index contributed by atoms with van der Waals surface area (Å²) in [6.07, 6.45) is 2.40. The average molecular weight is 296 g/mol. The summed E-state index contributed by atoms with van der Waals surface area (Å²) in [7, 11) is 8.43. The monoisotopic (exact) mass is 296 g/mol. The first-order chi connectivity index (χ1) is 9.93. The van der Waals surface area contributed by atoms with E-state index < -0.39 is 0 Å². The lowest BCUT2D eigenvalue weighted by Gasteiger charge is -2.24. The van der Waals surface area contributed by atoms with Gasteiger partial charge >= 0.3 is 0 Å². The SMILES string of the molecule is C=CCNCCC(=O)N1C[C@@H](CN(C)C)[C@H](CN(C)C)C1. The van der Waals surface area contributed by atoms with Gasteiger partial charge in [0.2, 0.25) is 5.91 Å². The molecule has 0 aromatic carbocycles. The fourth-order valence-corrected chi connectivity index (χ4v) is 3.05. The van der Waals surface area contributed by atoms with Gasteiger partial charge < -0.3 is 20.0 Å². The lowest BCUT2D eigenvalue weighted by molar-refractivity contribution is -0.130. The van der Waals surface area contributed by atoms with Gasteiger partial charge in [0.15, 0.2) is 0 Å². The minimum Gasteiger partial charge on any atom is -0.342 e. The van der Waals surface area contributed by atoms with E-state index in [4.69, 9.17) is 0 Å². The Kier molecular flexibility index (Phi) is 7.93. The predicted octanol–water partition coefficient (Wildman–Crippen LogP) is 0.350. The Morgan fingerprint density at radius 1 is 1.19 bits per heavy atom. The first-order valence-corrected chi connectivity index (χ1v) is 7.82. The van der Waals surface area contributed by atoms with E-state index in [-0.39, 0.29) is 5.91 Å². The summed E-state index contributed by atoms with van der Waals surface area (Å²) in [6.45, 7) is 9.07. The molecule has 1 amide bonds. The molecule has 1 rings (SSSR count). The van der Waals surface area contributed by atoms with Crippen molar-refractivity contribution in [3.8, 4) is 0 Å². The number of amides is 1. The van der Waals surface area contributed by atoms with Crippen LogP contribution < -0.4 is 5.32 Å². The zero-order valence-electron chi connectivity index (χ0n) is 14.1. The van der Waals surface area contributed by atoms with E-state index in [0.717, 1.165) is 39.3 Å². The molecule has 1 heterocycles. The molecule has 0 radical (unpaired) electrons. The maximum atomic E-state index is 12.3. The van der Waals surface area contributed by atoms with Gasteiger partial charge in [0.25, 0.3) is 0 Å². The highest BCUT2D eigenvalue weighted by atomic mass is 16.2. The molecule has 122 valence electrons. The summed E-state index contributed by atoms with van der Waals surface area (Å²) < 4.78 is 0. The van der Waals surface area contributed by atoms with Crippen molar-refractivity contribution < 1.29 is 4.79 Å². The second-order valence-electron chi connectivity index (χ2n) is 6.59. The molecule has 1 aliphatic rings. The fraction of sp³-hybridized carbons (Fsp3) is 0.812. The van der Waals surface area contributed by atoms with Crippen molar-refractivity contribution in [2.24, 2.45) is 11.8 Å². The molecule has 0 saturated carbocycles. The molecule has 21 heavy (non-hydrogen) atoms. The van der Waals surface area contributed by atoms with Crippen LogP contribution in [0.25, 0.3) is 0 Å². The van der Waals surface area contributed by atoms with E-state index in [2.05, 4.69) is 54.8 Å². The van der Waals surface area contributed by atoms with Crippen molar-refractivity contribution in [3.05, 3.63) is 12.7 Å². The number of carbonyl (C=O) groups excluding carboxylic acids is 1. The summed E-state index contributed by atoms with van der Waals surface area (Å²) in [5.74, 6) is 1.43. The van der Waals surface area contributed by atoms with Gasteiger partial charge in [0.1, 0.15) is 0 Å². The molecule has 1 aliphatic heterocycles. The first-order valence-electron chi connectivity index (χ1n) is 7.82. The molecule has 2 atom stereocenters. The average Bonchev–Trinajstić information content (AvgIpc) is 2.76. The van der Waals surface area contributed by atoms with Crippen LogP contribution >= 0.6 is 0 Å². The van der Waals surface area contributed by atoms with Crippen LogP contribution in [-0.2, 0) is 4.79 Å². The third-order valence-electron chi connectivity index (χ3n) is 3.93. The molecule has 1 N–H and O–H groups in total. The maximum Gasteiger partial charge on any atom is 0.223 e. The maximum absolute atomic E-state index is 12.3. The first kappa shape index (κ1) is 18.1. The molecular formula is C16H32N4O. The molecule has 0 aliphatic carbocycles. The van der Waals surface area contributed by atoms with Crippen molar-refractivity contribution in [1.82, 2.24) is 20.0 Å². The summed E-state index contributed by atoms with van der Waals surface area (Å²) in [4.78, 5) is 18.8. The molecule has 1 saturated heterocycles. The van der Waals surface area contributed by atoms with Gasteiger partial charge in [-0.05, 0) is 40.0 Å². The van der Waals surface area contributed by atoms with Crippen LogP contribution in [-0.4, -0.2) is 88.1 Å². The molecule has 0 unspecified atom stereocenters. The smallest absolute Gasteiger partial charge is 0.223 e. The number of rotatable bonds is 9. The zero-order valence-corrected chi connectivity index (χ0v) is 14.1. The minimum atomic E-state index is 0.275. The Bertz CT molecular complexity index is 312. The topological polar surface area (TPSA) is 38.8 Å². The largest absolute Gasteiger partial charge is 0.342 e. The van der Waals surface area contributed by atoms with Crippen LogP contribution in [0.2, 0.25) is 0 Å². The molecule has 1 fully saturated rings. The molecule has 0 aromatic rings. The third kappa shape index (κ3) is 6.59. The molecule has 0 bridgehead atoms. The number of likely N-dealkylation sites (tertiary alicyclic amines) is 1. The number of nitrogens with zero attached hydrogens (tertiary/aromatic N) is 3. The molecule has 0 aromatic heterocycles. The Morgan fingerprint density at radius 3 is 2.14 bits per heavy atom. The molecule has 0 spiro atoms. The Hall–Kier alpha value is -0.910. The van der Waals surface area contributed by atoms with Crippen LogP contribution in [0.5, 0.6) is 0 Å². The lowest BCUT2D eigenvalue weighted by atomic mass is 9.95. The van der Waals surface area contributed by atoms with Gasteiger partial charge in [-0.3, -0.25) is 4.79 Å². The zero-order chi connectivity index (χ0) is 15.8. The lowest BCUT2D eigenvalue weighted by Crippen LogP contribution is -2.32.